The van der Waals surface area contributed by atoms with E-state index in [9.17, 15) is 4.79 Å². The van der Waals surface area contributed by atoms with E-state index in [1.807, 2.05) is 37.3 Å². The van der Waals surface area contributed by atoms with E-state index in [2.05, 4.69) is 10.3 Å². The first-order chi connectivity index (χ1) is 10.1. The lowest BCUT2D eigenvalue weighted by Crippen LogP contribution is -2.27. The van der Waals surface area contributed by atoms with Crippen molar-refractivity contribution < 1.29 is 4.79 Å². The lowest BCUT2D eigenvalue weighted by atomic mass is 10.1. The van der Waals surface area contributed by atoms with Crippen LogP contribution >= 0.6 is 11.6 Å². The molecule has 2 aromatic rings. The smallest absolute Gasteiger partial charge is 0.224 e. The van der Waals surface area contributed by atoms with E-state index in [-0.39, 0.29) is 11.3 Å². The largest absolute Gasteiger partial charge is 0.338 e. The molecule has 108 valence electrons. The van der Waals surface area contributed by atoms with Crippen LogP contribution in [0.5, 0.6) is 0 Å². The number of hydrogen-bond acceptors (Lipinski definition) is 3. The van der Waals surface area contributed by atoms with Crippen molar-refractivity contribution in [1.29, 1.82) is 0 Å². The second-order valence-electron chi connectivity index (χ2n) is 5.13. The molecule has 1 aromatic carbocycles. The van der Waals surface area contributed by atoms with E-state index in [1.54, 1.807) is 18.0 Å². The zero-order valence-corrected chi connectivity index (χ0v) is 12.7. The normalized spacial score (nSPS) is 14.5. The quantitative estimate of drug-likeness (QED) is 0.810. The van der Waals surface area contributed by atoms with Gasteiger partial charge in [0.05, 0.1) is 23.3 Å². The van der Waals surface area contributed by atoms with E-state index < -0.39 is 0 Å². The number of halogens is 1. The van der Waals surface area contributed by atoms with Gasteiger partial charge in [-0.2, -0.15) is 0 Å². The van der Waals surface area contributed by atoms with Crippen LogP contribution in [0.2, 0.25) is 0 Å². The van der Waals surface area contributed by atoms with E-state index in [4.69, 9.17) is 11.6 Å². The number of aromatic nitrogens is 1. The zero-order valence-electron chi connectivity index (χ0n) is 11.9. The fourth-order valence-electron chi connectivity index (χ4n) is 2.47. The van der Waals surface area contributed by atoms with Crippen molar-refractivity contribution in [3.8, 4) is 0 Å². The Balaban J connectivity index is 2.15. The van der Waals surface area contributed by atoms with Gasteiger partial charge < -0.3 is 10.2 Å². The predicted octanol–water partition coefficient (Wildman–Crippen LogP) is 3.99. The number of hydrogen-bond donors (Lipinski definition) is 1. The van der Waals surface area contributed by atoms with Crippen molar-refractivity contribution in [2.45, 2.75) is 25.8 Å². The molecule has 0 aliphatic carbocycles. The van der Waals surface area contributed by atoms with Crippen LogP contribution in [-0.2, 0) is 11.3 Å². The van der Waals surface area contributed by atoms with Gasteiger partial charge in [0.25, 0.3) is 0 Å². The summed E-state index contributed by atoms with van der Waals surface area (Å²) in [6.07, 6.45) is 1.74. The predicted molar refractivity (Wildman–Crippen MR) is 85.1 cm³/mol. The molecule has 0 spiro atoms. The van der Waals surface area contributed by atoms with Crippen LogP contribution < -0.4 is 10.2 Å². The number of benzene rings is 1. The highest BCUT2D eigenvalue weighted by atomic mass is 35.5. The molecule has 1 N–H and O–H groups in total. The number of nitrogens with one attached hydrogen (secondary N) is 1. The van der Waals surface area contributed by atoms with Crippen LogP contribution in [0.15, 0.2) is 36.5 Å². The Kier molecular flexibility index (Phi) is 3.55. The molecule has 5 heteroatoms. The first-order valence-electron chi connectivity index (χ1n) is 6.83. The standard InChI is InChI=1S/C16H16ClN3O/c1-10(17)12-5-6-14-15(8-12)20(11(2)21)9-13-4-3-7-18-16(13)19-14/h3-8,10H,9H2,1-2H3,(H,18,19). The van der Waals surface area contributed by atoms with Gasteiger partial charge in [-0.3, -0.25) is 4.79 Å². The summed E-state index contributed by atoms with van der Waals surface area (Å²) in [5, 5.41) is 3.20. The minimum absolute atomic E-state index is 0.00544. The van der Waals surface area contributed by atoms with Gasteiger partial charge in [0.15, 0.2) is 0 Å². The van der Waals surface area contributed by atoms with Crippen molar-refractivity contribution in [3.63, 3.8) is 0 Å². The van der Waals surface area contributed by atoms with E-state index in [1.165, 1.54) is 0 Å². The molecule has 0 fully saturated rings. The van der Waals surface area contributed by atoms with Gasteiger partial charge in [-0.05, 0) is 30.7 Å². The third kappa shape index (κ3) is 2.59. The van der Waals surface area contributed by atoms with Crippen LogP contribution in [0.4, 0.5) is 17.2 Å². The van der Waals surface area contributed by atoms with Crippen LogP contribution in [-0.4, -0.2) is 10.9 Å². The summed E-state index contributed by atoms with van der Waals surface area (Å²) < 4.78 is 0. The number of amides is 1. The van der Waals surface area contributed by atoms with E-state index >= 15 is 0 Å². The molecule has 1 aromatic heterocycles. The van der Waals surface area contributed by atoms with Gasteiger partial charge in [0, 0.05) is 18.7 Å². The van der Waals surface area contributed by atoms with Crippen LogP contribution in [0.3, 0.4) is 0 Å². The number of carbonyl (C=O) groups excluding carboxylic acids is 1. The number of alkyl halides is 1. The molecule has 4 nitrogen and oxygen atoms in total. The number of rotatable bonds is 1. The molecule has 1 aliphatic rings. The molecule has 0 saturated heterocycles. The Morgan fingerprint density at radius 2 is 2.24 bits per heavy atom. The van der Waals surface area contributed by atoms with Crippen molar-refractivity contribution in [1.82, 2.24) is 4.98 Å². The molecule has 3 rings (SSSR count). The average Bonchev–Trinajstić information content (AvgIpc) is 2.62. The molecular formula is C16H16ClN3O. The molecule has 1 amide bonds. The topological polar surface area (TPSA) is 45.2 Å². The first-order valence-corrected chi connectivity index (χ1v) is 7.27. The molecule has 0 saturated carbocycles. The Labute approximate surface area is 128 Å². The third-order valence-electron chi connectivity index (χ3n) is 3.62. The van der Waals surface area contributed by atoms with E-state index in [0.717, 1.165) is 28.3 Å². The lowest BCUT2D eigenvalue weighted by Gasteiger charge is -2.22. The Morgan fingerprint density at radius 3 is 2.95 bits per heavy atom. The molecule has 0 radical (unpaired) electrons. The number of fused-ring (bicyclic) bond motifs is 2. The number of anilines is 3. The highest BCUT2D eigenvalue weighted by Crippen LogP contribution is 2.37. The van der Waals surface area contributed by atoms with Gasteiger partial charge in [0.1, 0.15) is 5.82 Å². The minimum Gasteiger partial charge on any atom is -0.338 e. The fraction of sp³-hybridized carbons (Fsp3) is 0.250. The highest BCUT2D eigenvalue weighted by Gasteiger charge is 2.23. The molecule has 1 aliphatic heterocycles. The van der Waals surface area contributed by atoms with Gasteiger partial charge in [0.2, 0.25) is 5.91 Å². The monoisotopic (exact) mass is 301 g/mol. The lowest BCUT2D eigenvalue weighted by molar-refractivity contribution is -0.116. The molecule has 1 unspecified atom stereocenters. The van der Waals surface area contributed by atoms with E-state index in [0.29, 0.717) is 6.54 Å². The summed E-state index contributed by atoms with van der Waals surface area (Å²) in [7, 11) is 0. The summed E-state index contributed by atoms with van der Waals surface area (Å²) in [5.41, 5.74) is 3.68. The Bertz CT molecular complexity index is 700. The van der Waals surface area contributed by atoms with Gasteiger partial charge in [-0.15, -0.1) is 11.6 Å². The summed E-state index contributed by atoms with van der Waals surface area (Å²) in [4.78, 5) is 18.2. The SMILES string of the molecule is CC(=O)N1Cc2cccnc2Nc2ccc(C(C)Cl)cc21. The third-order valence-corrected chi connectivity index (χ3v) is 3.88. The first kappa shape index (κ1) is 13.9. The maximum absolute atomic E-state index is 12.1. The van der Waals surface area contributed by atoms with Gasteiger partial charge >= 0.3 is 0 Å². The Hall–Kier alpha value is -2.07. The maximum atomic E-state index is 12.1. The minimum atomic E-state index is -0.104. The van der Waals surface area contributed by atoms with Crippen molar-refractivity contribution in [3.05, 3.63) is 47.7 Å². The molecule has 2 heterocycles. The summed E-state index contributed by atoms with van der Waals surface area (Å²) >= 11 is 6.17. The second kappa shape index (κ2) is 5.37. The molecule has 21 heavy (non-hydrogen) atoms. The van der Waals surface area contributed by atoms with Crippen LogP contribution in [0, 0.1) is 0 Å². The summed E-state index contributed by atoms with van der Waals surface area (Å²) in [6, 6.07) is 9.73. The van der Waals surface area contributed by atoms with Gasteiger partial charge in [-0.1, -0.05) is 12.1 Å². The zero-order chi connectivity index (χ0) is 15.0. The van der Waals surface area contributed by atoms with Gasteiger partial charge in [-0.25, -0.2) is 4.98 Å². The highest BCUT2D eigenvalue weighted by molar-refractivity contribution is 6.20. The Morgan fingerprint density at radius 1 is 1.43 bits per heavy atom. The number of pyridine rings is 1. The maximum Gasteiger partial charge on any atom is 0.224 e. The fourth-order valence-corrected chi connectivity index (χ4v) is 2.60. The summed E-state index contributed by atoms with van der Waals surface area (Å²) in [6.45, 7) is 3.99. The molecule has 1 atom stereocenters. The van der Waals surface area contributed by atoms with Crippen molar-refractivity contribution >= 4 is 34.7 Å². The molecular weight excluding hydrogens is 286 g/mol. The second-order valence-corrected chi connectivity index (χ2v) is 5.79. The van der Waals surface area contributed by atoms with Crippen molar-refractivity contribution in [2.75, 3.05) is 10.2 Å². The molecule has 0 bridgehead atoms. The summed E-state index contributed by atoms with van der Waals surface area (Å²) in [5.74, 6) is 0.781. The number of carbonyl (C=O) groups is 1. The van der Waals surface area contributed by atoms with Crippen LogP contribution in [0.1, 0.15) is 30.4 Å². The van der Waals surface area contributed by atoms with Crippen molar-refractivity contribution in [2.24, 2.45) is 0 Å². The van der Waals surface area contributed by atoms with Crippen LogP contribution in [0.25, 0.3) is 0 Å². The number of nitrogens with zero attached hydrogens (tertiary/aromatic N) is 2. The average molecular weight is 302 g/mol.